The first-order chi connectivity index (χ1) is 9.61. The molecule has 6 heteroatoms. The molecule has 5 nitrogen and oxygen atoms in total. The molecule has 0 fully saturated rings. The van der Waals surface area contributed by atoms with E-state index in [4.69, 9.17) is 0 Å². The predicted octanol–water partition coefficient (Wildman–Crippen LogP) is 1.57. The van der Waals surface area contributed by atoms with Gasteiger partial charge in [0.15, 0.2) is 0 Å². The van der Waals surface area contributed by atoms with Gasteiger partial charge in [-0.1, -0.05) is 6.07 Å². The van der Waals surface area contributed by atoms with Crippen LogP contribution < -0.4 is 10.6 Å². The van der Waals surface area contributed by atoms with Gasteiger partial charge in [-0.2, -0.15) is 5.10 Å². The fourth-order valence-corrected chi connectivity index (χ4v) is 1.98. The van der Waals surface area contributed by atoms with Crippen LogP contribution in [-0.4, -0.2) is 29.3 Å². The second kappa shape index (κ2) is 6.18. The number of amides is 1. The quantitative estimate of drug-likeness (QED) is 0.871. The molecule has 2 N–H and O–H groups in total. The second-order valence-corrected chi connectivity index (χ2v) is 4.44. The number of hydrogen-bond donors (Lipinski definition) is 2. The summed E-state index contributed by atoms with van der Waals surface area (Å²) in [5.74, 6) is -0.731. The average molecular weight is 276 g/mol. The van der Waals surface area contributed by atoms with E-state index in [0.29, 0.717) is 18.5 Å². The van der Waals surface area contributed by atoms with E-state index < -0.39 is 5.82 Å². The Morgan fingerprint density at radius 1 is 1.45 bits per heavy atom. The third-order valence-corrected chi connectivity index (χ3v) is 2.97. The van der Waals surface area contributed by atoms with E-state index in [0.717, 1.165) is 5.56 Å². The summed E-state index contributed by atoms with van der Waals surface area (Å²) in [6.45, 7) is 0.476. The number of carbonyl (C=O) groups excluding carboxylic acids is 1. The fraction of sp³-hybridized carbons (Fsp3) is 0.286. The van der Waals surface area contributed by atoms with Crippen LogP contribution in [-0.2, 0) is 13.5 Å². The number of hydrogen-bond acceptors (Lipinski definition) is 3. The lowest BCUT2D eigenvalue weighted by Crippen LogP contribution is -2.26. The summed E-state index contributed by atoms with van der Waals surface area (Å²) < 4.78 is 15.3. The van der Waals surface area contributed by atoms with Crippen molar-refractivity contribution in [1.29, 1.82) is 0 Å². The van der Waals surface area contributed by atoms with Crippen LogP contribution in [0.25, 0.3) is 0 Å². The molecule has 0 radical (unpaired) electrons. The van der Waals surface area contributed by atoms with Crippen LogP contribution in [0.3, 0.4) is 0 Å². The van der Waals surface area contributed by atoms with Gasteiger partial charge in [-0.3, -0.25) is 9.48 Å². The van der Waals surface area contributed by atoms with Crippen molar-refractivity contribution in [3.63, 3.8) is 0 Å². The molecule has 0 spiro atoms. The van der Waals surface area contributed by atoms with Crippen LogP contribution >= 0.6 is 0 Å². The van der Waals surface area contributed by atoms with Crippen LogP contribution in [0.5, 0.6) is 0 Å². The number of halogens is 1. The van der Waals surface area contributed by atoms with Gasteiger partial charge in [0.2, 0.25) is 0 Å². The van der Waals surface area contributed by atoms with E-state index >= 15 is 0 Å². The highest BCUT2D eigenvalue weighted by atomic mass is 19.1. The maximum Gasteiger partial charge on any atom is 0.253 e. The number of para-hydroxylation sites is 1. The maximum absolute atomic E-state index is 13.5. The van der Waals surface area contributed by atoms with E-state index in [-0.39, 0.29) is 11.6 Å². The molecule has 0 saturated carbocycles. The Hall–Kier alpha value is -2.37. The molecule has 0 bridgehead atoms. The van der Waals surface area contributed by atoms with Crippen LogP contribution in [0.15, 0.2) is 30.6 Å². The monoisotopic (exact) mass is 276 g/mol. The smallest absolute Gasteiger partial charge is 0.253 e. The normalized spacial score (nSPS) is 10.3. The maximum atomic E-state index is 13.5. The first kappa shape index (κ1) is 14.0. The van der Waals surface area contributed by atoms with E-state index in [1.54, 1.807) is 24.0 Å². The summed E-state index contributed by atoms with van der Waals surface area (Å²) in [5, 5.41) is 9.54. The molecule has 1 amide bonds. The summed E-state index contributed by atoms with van der Waals surface area (Å²) in [6.07, 6.45) is 4.34. The van der Waals surface area contributed by atoms with E-state index in [2.05, 4.69) is 15.7 Å². The number of nitrogens with zero attached hydrogens (tertiary/aromatic N) is 2. The Labute approximate surface area is 116 Å². The van der Waals surface area contributed by atoms with Crippen LogP contribution in [0.1, 0.15) is 15.9 Å². The first-order valence-corrected chi connectivity index (χ1v) is 6.34. The fourth-order valence-electron chi connectivity index (χ4n) is 1.98. The van der Waals surface area contributed by atoms with Crippen LogP contribution in [0.2, 0.25) is 0 Å². The zero-order valence-corrected chi connectivity index (χ0v) is 11.5. The van der Waals surface area contributed by atoms with Crippen molar-refractivity contribution in [2.24, 2.45) is 7.05 Å². The Morgan fingerprint density at radius 3 is 2.90 bits per heavy atom. The first-order valence-electron chi connectivity index (χ1n) is 6.34. The Morgan fingerprint density at radius 2 is 2.25 bits per heavy atom. The van der Waals surface area contributed by atoms with Gasteiger partial charge in [-0.25, -0.2) is 4.39 Å². The summed E-state index contributed by atoms with van der Waals surface area (Å²) >= 11 is 0. The number of rotatable bonds is 5. The molecule has 1 aromatic heterocycles. The molecular formula is C14H17FN4O. The van der Waals surface area contributed by atoms with Gasteiger partial charge in [-0.15, -0.1) is 0 Å². The third kappa shape index (κ3) is 3.14. The molecule has 0 saturated heterocycles. The Kier molecular flexibility index (Phi) is 4.34. The molecule has 106 valence electrons. The minimum absolute atomic E-state index is 0.214. The van der Waals surface area contributed by atoms with Crippen molar-refractivity contribution in [3.05, 3.63) is 47.5 Å². The number of benzene rings is 1. The zero-order valence-electron chi connectivity index (χ0n) is 11.5. The van der Waals surface area contributed by atoms with Gasteiger partial charge in [0.05, 0.1) is 17.4 Å². The average Bonchev–Trinajstić information content (AvgIpc) is 2.84. The predicted molar refractivity (Wildman–Crippen MR) is 75.2 cm³/mol. The van der Waals surface area contributed by atoms with Crippen molar-refractivity contribution in [1.82, 2.24) is 15.1 Å². The highest BCUT2D eigenvalue weighted by Gasteiger charge is 2.13. The third-order valence-electron chi connectivity index (χ3n) is 2.97. The number of nitrogens with one attached hydrogen (secondary N) is 2. The summed E-state index contributed by atoms with van der Waals surface area (Å²) in [5.41, 5.74) is 1.56. The molecular weight excluding hydrogens is 259 g/mol. The van der Waals surface area contributed by atoms with Crippen molar-refractivity contribution in [2.45, 2.75) is 6.42 Å². The highest BCUT2D eigenvalue weighted by molar-refractivity contribution is 5.99. The molecule has 2 aromatic rings. The van der Waals surface area contributed by atoms with Crippen molar-refractivity contribution >= 4 is 11.6 Å². The van der Waals surface area contributed by atoms with E-state index in [1.807, 2.05) is 13.2 Å². The van der Waals surface area contributed by atoms with Gasteiger partial charge >= 0.3 is 0 Å². The molecule has 0 aliphatic heterocycles. The van der Waals surface area contributed by atoms with E-state index in [9.17, 15) is 9.18 Å². The summed E-state index contributed by atoms with van der Waals surface area (Å²) in [6, 6.07) is 4.43. The van der Waals surface area contributed by atoms with E-state index in [1.165, 1.54) is 12.1 Å². The number of anilines is 1. The summed E-state index contributed by atoms with van der Waals surface area (Å²) in [4.78, 5) is 12.0. The zero-order chi connectivity index (χ0) is 14.5. The largest absolute Gasteiger partial charge is 0.385 e. The molecule has 0 aliphatic carbocycles. The van der Waals surface area contributed by atoms with Crippen molar-refractivity contribution in [2.75, 3.05) is 18.9 Å². The van der Waals surface area contributed by atoms with Crippen molar-refractivity contribution < 1.29 is 9.18 Å². The molecule has 0 unspecified atom stereocenters. The summed E-state index contributed by atoms with van der Waals surface area (Å²) in [7, 11) is 3.43. The van der Waals surface area contributed by atoms with Crippen molar-refractivity contribution in [3.8, 4) is 0 Å². The van der Waals surface area contributed by atoms with Gasteiger partial charge in [-0.05, 0) is 24.1 Å². The minimum Gasteiger partial charge on any atom is -0.385 e. The number of aryl methyl sites for hydroxylation is 1. The number of carbonyl (C=O) groups is 1. The lowest BCUT2D eigenvalue weighted by atomic mass is 10.1. The lowest BCUT2D eigenvalue weighted by molar-refractivity contribution is 0.0954. The topological polar surface area (TPSA) is 59.0 Å². The molecule has 20 heavy (non-hydrogen) atoms. The standard InChI is InChI=1S/C14H17FN4O/c1-16-13-11(4-3-5-12(13)15)14(20)17-7-6-10-8-18-19(2)9-10/h3-5,8-9,16H,6-7H2,1-2H3,(H,17,20). The highest BCUT2D eigenvalue weighted by Crippen LogP contribution is 2.18. The Bertz CT molecular complexity index is 609. The Balaban J connectivity index is 1.97. The minimum atomic E-state index is -0.438. The van der Waals surface area contributed by atoms with Gasteiger partial charge < -0.3 is 10.6 Å². The lowest BCUT2D eigenvalue weighted by Gasteiger charge is -2.10. The van der Waals surface area contributed by atoms with Gasteiger partial charge in [0, 0.05) is 26.8 Å². The second-order valence-electron chi connectivity index (χ2n) is 4.44. The van der Waals surface area contributed by atoms with Crippen LogP contribution in [0, 0.1) is 5.82 Å². The molecule has 2 rings (SSSR count). The molecule has 1 aromatic carbocycles. The molecule has 0 atom stereocenters. The van der Waals surface area contributed by atoms with Gasteiger partial charge in [0.1, 0.15) is 5.82 Å². The number of aromatic nitrogens is 2. The van der Waals surface area contributed by atoms with Gasteiger partial charge in [0.25, 0.3) is 5.91 Å². The SMILES string of the molecule is CNc1c(F)cccc1C(=O)NCCc1cnn(C)c1. The molecule has 1 heterocycles. The molecule has 0 aliphatic rings. The van der Waals surface area contributed by atoms with Crippen LogP contribution in [0.4, 0.5) is 10.1 Å².